The fourth-order valence-corrected chi connectivity index (χ4v) is 2.18. The lowest BCUT2D eigenvalue weighted by Crippen LogP contribution is -2.14. The number of ether oxygens (including phenoxy) is 2. The van der Waals surface area contributed by atoms with Crippen LogP contribution in [-0.2, 0) is 9.53 Å². The predicted molar refractivity (Wildman–Crippen MR) is 92.0 cm³/mol. The highest BCUT2D eigenvalue weighted by atomic mass is 16.6. The van der Waals surface area contributed by atoms with E-state index in [1.807, 2.05) is 6.07 Å². The number of pyridine rings is 1. The van der Waals surface area contributed by atoms with Gasteiger partial charge in [-0.15, -0.1) is 0 Å². The first-order valence-electron chi connectivity index (χ1n) is 7.66. The quantitative estimate of drug-likeness (QED) is 0.355. The smallest absolute Gasteiger partial charge is 0.354 e. The van der Waals surface area contributed by atoms with Crippen LogP contribution in [-0.4, -0.2) is 29.0 Å². The van der Waals surface area contributed by atoms with Crippen molar-refractivity contribution >= 4 is 17.3 Å². The number of anilines is 1. The van der Waals surface area contributed by atoms with Crippen molar-refractivity contribution in [1.82, 2.24) is 4.98 Å². The van der Waals surface area contributed by atoms with Gasteiger partial charge in [0.25, 0.3) is 0 Å². The zero-order chi connectivity index (χ0) is 18.4. The van der Waals surface area contributed by atoms with Gasteiger partial charge in [0, 0.05) is 24.7 Å². The number of hydrogen-bond donors (Lipinski definition) is 1. The number of aromatic nitrogens is 1. The summed E-state index contributed by atoms with van der Waals surface area (Å²) in [5.41, 5.74) is 1.28. The molecule has 132 valence electrons. The van der Waals surface area contributed by atoms with Crippen LogP contribution in [0.3, 0.4) is 0 Å². The van der Waals surface area contributed by atoms with E-state index in [2.05, 4.69) is 10.3 Å². The molecule has 2 rings (SSSR count). The number of nitrogens with one attached hydrogen (secondary N) is 1. The highest BCUT2D eigenvalue weighted by Gasteiger charge is 2.27. The molecule has 0 fully saturated rings. The van der Waals surface area contributed by atoms with E-state index in [9.17, 15) is 14.9 Å². The van der Waals surface area contributed by atoms with Crippen molar-refractivity contribution in [3.8, 4) is 11.6 Å². The molecule has 0 spiro atoms. The first-order chi connectivity index (χ1) is 11.9. The minimum Gasteiger partial charge on any atom is -0.464 e. The Hall–Kier alpha value is -3.16. The summed E-state index contributed by atoms with van der Waals surface area (Å²) in [6.07, 6.45) is 0. The van der Waals surface area contributed by atoms with Crippen LogP contribution in [0.25, 0.3) is 0 Å². The molecule has 25 heavy (non-hydrogen) atoms. The number of carbonyl (C=O) groups is 1. The third-order valence-corrected chi connectivity index (χ3v) is 3.48. The third kappa shape index (κ3) is 4.66. The van der Waals surface area contributed by atoms with Gasteiger partial charge < -0.3 is 14.8 Å². The van der Waals surface area contributed by atoms with E-state index in [1.54, 1.807) is 38.1 Å². The average molecular weight is 345 g/mol. The van der Waals surface area contributed by atoms with Crippen LogP contribution < -0.4 is 10.1 Å². The summed E-state index contributed by atoms with van der Waals surface area (Å²) in [6.45, 7) is 5.11. The fraction of sp³-hybridized carbons (Fsp3) is 0.294. The Labute approximate surface area is 144 Å². The molecule has 0 aliphatic rings. The summed E-state index contributed by atoms with van der Waals surface area (Å²) >= 11 is 0. The Morgan fingerprint density at radius 2 is 1.96 bits per heavy atom. The maximum atomic E-state index is 11.6. The maximum absolute atomic E-state index is 11.6. The predicted octanol–water partition coefficient (Wildman–Crippen LogP) is 3.37. The van der Waals surface area contributed by atoms with Crippen LogP contribution in [0.2, 0.25) is 0 Å². The molecule has 0 radical (unpaired) electrons. The lowest BCUT2D eigenvalue weighted by atomic mass is 10.1. The number of carbonyl (C=O) groups excluding carboxylic acids is 1. The van der Waals surface area contributed by atoms with Gasteiger partial charge in [0.15, 0.2) is 0 Å². The van der Waals surface area contributed by atoms with Crippen molar-refractivity contribution in [3.05, 3.63) is 51.7 Å². The molecule has 0 aliphatic carbocycles. The van der Waals surface area contributed by atoms with Gasteiger partial charge in [0.1, 0.15) is 18.0 Å². The summed E-state index contributed by atoms with van der Waals surface area (Å²) < 4.78 is 10.5. The molecule has 8 heteroatoms. The summed E-state index contributed by atoms with van der Waals surface area (Å²) in [6, 6.07) is 8.72. The van der Waals surface area contributed by atoms with Crippen LogP contribution in [0.15, 0.2) is 30.3 Å². The highest BCUT2D eigenvalue weighted by Crippen LogP contribution is 2.39. The number of nitro groups is 1. The van der Waals surface area contributed by atoms with E-state index in [1.165, 1.54) is 6.92 Å². The molecular formula is C17H19N3O5. The number of para-hydroxylation sites is 1. The second-order valence-corrected chi connectivity index (χ2v) is 5.29. The molecule has 0 amide bonds. The number of rotatable bonds is 7. The van der Waals surface area contributed by atoms with Crippen molar-refractivity contribution in [3.63, 3.8) is 0 Å². The van der Waals surface area contributed by atoms with E-state index in [0.717, 1.165) is 0 Å². The fourth-order valence-electron chi connectivity index (χ4n) is 2.18. The normalized spacial score (nSPS) is 10.2. The second kappa shape index (κ2) is 8.09. The number of benzene rings is 1. The molecule has 0 unspecified atom stereocenters. The molecular weight excluding hydrogens is 326 g/mol. The van der Waals surface area contributed by atoms with Gasteiger partial charge in [-0.05, 0) is 26.0 Å². The summed E-state index contributed by atoms with van der Waals surface area (Å²) in [4.78, 5) is 26.1. The molecule has 0 atom stereocenters. The van der Waals surface area contributed by atoms with Crippen LogP contribution >= 0.6 is 0 Å². The van der Waals surface area contributed by atoms with Crippen LogP contribution in [0.1, 0.15) is 18.2 Å². The Balaban J connectivity index is 2.36. The van der Waals surface area contributed by atoms with E-state index in [0.29, 0.717) is 22.7 Å². The van der Waals surface area contributed by atoms with Gasteiger partial charge in [-0.3, -0.25) is 14.9 Å². The lowest BCUT2D eigenvalue weighted by Gasteiger charge is -2.14. The molecule has 0 saturated heterocycles. The van der Waals surface area contributed by atoms with Crippen LogP contribution in [0.5, 0.6) is 11.6 Å². The Bertz CT molecular complexity index is 778. The van der Waals surface area contributed by atoms with Crippen molar-refractivity contribution in [2.45, 2.75) is 20.8 Å². The number of aryl methyl sites for hydroxylation is 1. The van der Waals surface area contributed by atoms with Gasteiger partial charge in [-0.25, -0.2) is 4.98 Å². The molecule has 2 aromatic rings. The zero-order valence-electron chi connectivity index (χ0n) is 14.2. The maximum Gasteiger partial charge on any atom is 0.354 e. The standard InChI is InChI=1S/C17H19N3O5/c1-11-12(2)19-17(25-14-7-5-4-6-8-14)16(20(22)23)15(11)18-9-10-24-13(3)21/h4-8H,9-10H2,1-3H3,(H,18,19). The summed E-state index contributed by atoms with van der Waals surface area (Å²) in [5.74, 6) is -0.0477. The zero-order valence-corrected chi connectivity index (χ0v) is 14.2. The van der Waals surface area contributed by atoms with Gasteiger partial charge in [-0.2, -0.15) is 0 Å². The summed E-state index contributed by atoms with van der Waals surface area (Å²) in [7, 11) is 0. The van der Waals surface area contributed by atoms with Crippen molar-refractivity contribution < 1.29 is 19.2 Å². The van der Waals surface area contributed by atoms with Crippen molar-refractivity contribution in [2.75, 3.05) is 18.5 Å². The summed E-state index contributed by atoms with van der Waals surface area (Å²) in [5, 5.41) is 14.5. The monoisotopic (exact) mass is 345 g/mol. The topological polar surface area (TPSA) is 104 Å². The Morgan fingerprint density at radius 1 is 1.28 bits per heavy atom. The number of nitrogens with zero attached hydrogens (tertiary/aromatic N) is 2. The Kier molecular flexibility index (Phi) is 5.89. The molecule has 8 nitrogen and oxygen atoms in total. The van der Waals surface area contributed by atoms with Crippen LogP contribution in [0, 0.1) is 24.0 Å². The third-order valence-electron chi connectivity index (χ3n) is 3.48. The molecule has 1 heterocycles. The number of hydrogen-bond acceptors (Lipinski definition) is 7. The molecule has 1 N–H and O–H groups in total. The van der Waals surface area contributed by atoms with Crippen molar-refractivity contribution in [1.29, 1.82) is 0 Å². The van der Waals surface area contributed by atoms with Crippen LogP contribution in [0.4, 0.5) is 11.4 Å². The van der Waals surface area contributed by atoms with E-state index in [4.69, 9.17) is 9.47 Å². The van der Waals surface area contributed by atoms with E-state index < -0.39 is 10.9 Å². The Morgan fingerprint density at radius 3 is 2.56 bits per heavy atom. The largest absolute Gasteiger partial charge is 0.464 e. The van der Waals surface area contributed by atoms with E-state index in [-0.39, 0.29) is 24.7 Å². The van der Waals surface area contributed by atoms with E-state index >= 15 is 0 Å². The number of esters is 1. The van der Waals surface area contributed by atoms with Gasteiger partial charge in [-0.1, -0.05) is 18.2 Å². The highest BCUT2D eigenvalue weighted by molar-refractivity contribution is 5.71. The lowest BCUT2D eigenvalue weighted by molar-refractivity contribution is -0.385. The van der Waals surface area contributed by atoms with Crippen molar-refractivity contribution in [2.24, 2.45) is 0 Å². The van der Waals surface area contributed by atoms with Gasteiger partial charge >= 0.3 is 17.5 Å². The first kappa shape index (κ1) is 18.2. The molecule has 1 aromatic carbocycles. The minimum atomic E-state index is -0.536. The van der Waals surface area contributed by atoms with Gasteiger partial charge in [0.2, 0.25) is 0 Å². The SMILES string of the molecule is CC(=O)OCCNc1c(C)c(C)nc(Oc2ccccc2)c1[N+](=O)[O-]. The minimum absolute atomic E-state index is 0.0886. The average Bonchev–Trinajstić information content (AvgIpc) is 2.56. The first-order valence-corrected chi connectivity index (χ1v) is 7.66. The molecule has 0 aliphatic heterocycles. The second-order valence-electron chi connectivity index (χ2n) is 5.29. The molecule has 0 saturated carbocycles. The molecule has 0 bridgehead atoms. The molecule has 1 aromatic heterocycles. The van der Waals surface area contributed by atoms with Gasteiger partial charge in [0.05, 0.1) is 4.92 Å².